The molecular formula is C15H17BrN2O2S. The van der Waals surface area contributed by atoms with Gasteiger partial charge in [-0.3, -0.25) is 4.72 Å². The lowest BCUT2D eigenvalue weighted by molar-refractivity contribution is 0.601. The molecule has 0 aliphatic carbocycles. The topological polar surface area (TPSA) is 58.2 Å². The summed E-state index contributed by atoms with van der Waals surface area (Å²) in [5, 5.41) is 3.12. The predicted molar refractivity (Wildman–Crippen MR) is 88.9 cm³/mol. The molecule has 4 nitrogen and oxygen atoms in total. The molecule has 112 valence electrons. The van der Waals surface area contributed by atoms with Gasteiger partial charge in [0.1, 0.15) is 0 Å². The van der Waals surface area contributed by atoms with Gasteiger partial charge in [-0.25, -0.2) is 8.42 Å². The van der Waals surface area contributed by atoms with Gasteiger partial charge in [0.05, 0.1) is 4.90 Å². The van der Waals surface area contributed by atoms with E-state index < -0.39 is 10.0 Å². The number of halogens is 1. The molecule has 0 aromatic heterocycles. The summed E-state index contributed by atoms with van der Waals surface area (Å²) >= 11 is 3.32. The fraction of sp³-hybridized carbons (Fsp3) is 0.200. The molecule has 0 saturated heterocycles. The van der Waals surface area contributed by atoms with E-state index in [2.05, 4.69) is 26.0 Å². The maximum Gasteiger partial charge on any atom is 0.261 e. The summed E-state index contributed by atoms with van der Waals surface area (Å²) in [5.41, 5.74) is 1.57. The fourth-order valence-corrected chi connectivity index (χ4v) is 3.32. The van der Waals surface area contributed by atoms with Crippen molar-refractivity contribution in [3.8, 4) is 0 Å². The van der Waals surface area contributed by atoms with Crippen molar-refractivity contribution in [3.05, 3.63) is 58.6 Å². The molecule has 2 aromatic carbocycles. The van der Waals surface area contributed by atoms with E-state index in [1.54, 1.807) is 30.3 Å². The third kappa shape index (κ3) is 4.06. The van der Waals surface area contributed by atoms with Gasteiger partial charge in [-0.2, -0.15) is 0 Å². The van der Waals surface area contributed by atoms with Crippen LogP contribution in [0.5, 0.6) is 0 Å². The van der Waals surface area contributed by atoms with Gasteiger partial charge >= 0.3 is 0 Å². The Morgan fingerprint density at radius 2 is 1.76 bits per heavy atom. The number of rotatable bonds is 5. The summed E-state index contributed by atoms with van der Waals surface area (Å²) in [4.78, 5) is 0.245. The van der Waals surface area contributed by atoms with Gasteiger partial charge < -0.3 is 5.32 Å². The Morgan fingerprint density at radius 1 is 1.10 bits per heavy atom. The van der Waals surface area contributed by atoms with Crippen LogP contribution in [0.15, 0.2) is 57.9 Å². The molecule has 1 atom stereocenters. The van der Waals surface area contributed by atoms with Crippen LogP contribution in [0.3, 0.4) is 0 Å². The minimum atomic E-state index is -3.57. The first-order valence-electron chi connectivity index (χ1n) is 6.48. The summed E-state index contributed by atoms with van der Waals surface area (Å²) in [6, 6.07) is 14.1. The van der Waals surface area contributed by atoms with Crippen LogP contribution in [0.25, 0.3) is 0 Å². The van der Waals surface area contributed by atoms with E-state index in [0.717, 1.165) is 10.0 Å². The van der Waals surface area contributed by atoms with Crippen molar-refractivity contribution in [1.29, 1.82) is 0 Å². The quantitative estimate of drug-likeness (QED) is 0.848. The van der Waals surface area contributed by atoms with E-state index >= 15 is 0 Å². The fourth-order valence-electron chi connectivity index (χ4n) is 1.87. The van der Waals surface area contributed by atoms with Crippen molar-refractivity contribution >= 4 is 31.6 Å². The molecule has 0 aliphatic heterocycles. The average Bonchev–Trinajstić information content (AvgIpc) is 2.46. The van der Waals surface area contributed by atoms with Gasteiger partial charge in [-0.05, 0) is 49.9 Å². The van der Waals surface area contributed by atoms with Crippen molar-refractivity contribution in [2.45, 2.75) is 17.9 Å². The lowest BCUT2D eigenvalue weighted by Gasteiger charge is -2.12. The first-order valence-corrected chi connectivity index (χ1v) is 8.75. The largest absolute Gasteiger partial charge is 0.313 e. The second kappa shape index (κ2) is 6.60. The highest BCUT2D eigenvalue weighted by molar-refractivity contribution is 9.10. The second-order valence-corrected chi connectivity index (χ2v) is 7.29. The molecule has 0 saturated carbocycles. The first-order chi connectivity index (χ1) is 9.92. The molecule has 2 N–H and O–H groups in total. The minimum absolute atomic E-state index is 0.180. The van der Waals surface area contributed by atoms with Crippen molar-refractivity contribution < 1.29 is 8.42 Å². The number of nitrogens with one attached hydrogen (secondary N) is 2. The molecule has 2 rings (SSSR count). The predicted octanol–water partition coefficient (Wildman–Crippen LogP) is 3.53. The molecule has 0 fully saturated rings. The normalized spacial score (nSPS) is 12.9. The lowest BCUT2D eigenvalue weighted by atomic mass is 10.1. The standard InChI is InChI=1S/C15H17BrN2O2S/c1-11(17-2)12-6-8-15(9-7-12)21(19,20)18-14-5-3-4-13(16)10-14/h3-11,17-18H,1-2H3. The number of hydrogen-bond acceptors (Lipinski definition) is 3. The summed E-state index contributed by atoms with van der Waals surface area (Å²) in [6.45, 7) is 2.02. The lowest BCUT2D eigenvalue weighted by Crippen LogP contribution is -2.14. The second-order valence-electron chi connectivity index (χ2n) is 4.70. The molecule has 0 radical (unpaired) electrons. The maximum atomic E-state index is 12.3. The first kappa shape index (κ1) is 16.0. The smallest absolute Gasteiger partial charge is 0.261 e. The highest BCUT2D eigenvalue weighted by atomic mass is 79.9. The van der Waals surface area contributed by atoms with Gasteiger partial charge in [0.2, 0.25) is 0 Å². The SMILES string of the molecule is CNC(C)c1ccc(S(=O)(=O)Nc2cccc(Br)c2)cc1. The molecule has 0 aliphatic rings. The molecule has 0 amide bonds. The number of benzene rings is 2. The Hall–Kier alpha value is -1.37. The van der Waals surface area contributed by atoms with Gasteiger partial charge in [0.25, 0.3) is 10.0 Å². The van der Waals surface area contributed by atoms with E-state index in [-0.39, 0.29) is 10.9 Å². The van der Waals surface area contributed by atoms with Crippen molar-refractivity contribution in [1.82, 2.24) is 5.32 Å². The van der Waals surface area contributed by atoms with Gasteiger partial charge in [0, 0.05) is 16.2 Å². The minimum Gasteiger partial charge on any atom is -0.313 e. The highest BCUT2D eigenvalue weighted by Crippen LogP contribution is 2.21. The van der Waals surface area contributed by atoms with E-state index in [1.165, 1.54) is 0 Å². The van der Waals surface area contributed by atoms with Crippen molar-refractivity contribution in [2.24, 2.45) is 0 Å². The zero-order chi connectivity index (χ0) is 15.5. The monoisotopic (exact) mass is 368 g/mol. The third-order valence-corrected chi connectivity index (χ3v) is 5.09. The third-order valence-electron chi connectivity index (χ3n) is 3.20. The Kier molecular flexibility index (Phi) is 5.03. The van der Waals surface area contributed by atoms with Crippen LogP contribution in [-0.2, 0) is 10.0 Å². The van der Waals surface area contributed by atoms with Gasteiger partial charge in [-0.15, -0.1) is 0 Å². The Labute approximate surface area is 133 Å². The Bertz CT molecular complexity index is 715. The zero-order valence-electron chi connectivity index (χ0n) is 11.8. The summed E-state index contributed by atoms with van der Waals surface area (Å²) < 4.78 is 28.0. The van der Waals surface area contributed by atoms with Gasteiger partial charge in [0.15, 0.2) is 0 Å². The number of hydrogen-bond donors (Lipinski definition) is 2. The van der Waals surface area contributed by atoms with Crippen LogP contribution in [0.2, 0.25) is 0 Å². The maximum absolute atomic E-state index is 12.3. The molecule has 2 aromatic rings. The highest BCUT2D eigenvalue weighted by Gasteiger charge is 2.14. The van der Waals surface area contributed by atoms with Crippen LogP contribution >= 0.6 is 15.9 Å². The van der Waals surface area contributed by atoms with E-state index in [1.807, 2.05) is 32.2 Å². The number of anilines is 1. The van der Waals surface area contributed by atoms with Crippen LogP contribution < -0.4 is 10.0 Å². The average molecular weight is 369 g/mol. The van der Waals surface area contributed by atoms with Crippen molar-refractivity contribution in [3.63, 3.8) is 0 Å². The molecule has 6 heteroatoms. The summed E-state index contributed by atoms with van der Waals surface area (Å²) in [7, 11) is -1.71. The van der Waals surface area contributed by atoms with Crippen LogP contribution in [0, 0.1) is 0 Å². The summed E-state index contributed by atoms with van der Waals surface area (Å²) in [5.74, 6) is 0. The van der Waals surface area contributed by atoms with Crippen LogP contribution in [-0.4, -0.2) is 15.5 Å². The molecule has 0 spiro atoms. The molecule has 1 unspecified atom stereocenters. The molecular weight excluding hydrogens is 352 g/mol. The van der Waals surface area contributed by atoms with Gasteiger partial charge in [-0.1, -0.05) is 34.1 Å². The van der Waals surface area contributed by atoms with Crippen LogP contribution in [0.4, 0.5) is 5.69 Å². The van der Waals surface area contributed by atoms with Crippen molar-refractivity contribution in [2.75, 3.05) is 11.8 Å². The van der Waals surface area contributed by atoms with E-state index in [0.29, 0.717) is 5.69 Å². The van der Waals surface area contributed by atoms with Crippen LogP contribution in [0.1, 0.15) is 18.5 Å². The molecule has 21 heavy (non-hydrogen) atoms. The van der Waals surface area contributed by atoms with E-state index in [4.69, 9.17) is 0 Å². The summed E-state index contributed by atoms with van der Waals surface area (Å²) in [6.07, 6.45) is 0. The van der Waals surface area contributed by atoms with E-state index in [9.17, 15) is 8.42 Å². The zero-order valence-corrected chi connectivity index (χ0v) is 14.2. The Morgan fingerprint density at radius 3 is 2.33 bits per heavy atom. The molecule has 0 heterocycles. The number of sulfonamides is 1. The Balaban J connectivity index is 2.23. The molecule has 0 bridgehead atoms.